The molecule has 0 aliphatic carbocycles. The van der Waals surface area contributed by atoms with E-state index in [9.17, 15) is 0 Å². The van der Waals surface area contributed by atoms with E-state index >= 15 is 0 Å². The highest BCUT2D eigenvalue weighted by Crippen LogP contribution is 2.31. The van der Waals surface area contributed by atoms with Crippen molar-refractivity contribution >= 4 is 5.69 Å². The zero-order chi connectivity index (χ0) is 13.9. The molecule has 1 aromatic carbocycles. The average molecular weight is 260 g/mol. The van der Waals surface area contributed by atoms with Crippen molar-refractivity contribution in [3.05, 3.63) is 29.8 Å². The molecule has 1 heterocycles. The zero-order valence-corrected chi connectivity index (χ0v) is 12.9. The molecular formula is C17H28N2. The van der Waals surface area contributed by atoms with E-state index in [1.807, 2.05) is 0 Å². The molecule has 1 aliphatic rings. The lowest BCUT2D eigenvalue weighted by molar-refractivity contribution is 0.293. The maximum absolute atomic E-state index is 3.46. The van der Waals surface area contributed by atoms with Crippen molar-refractivity contribution in [3.8, 4) is 0 Å². The van der Waals surface area contributed by atoms with Gasteiger partial charge in [0.25, 0.3) is 0 Å². The number of nitrogens with zero attached hydrogens (tertiary/aromatic N) is 1. The van der Waals surface area contributed by atoms with Crippen molar-refractivity contribution < 1.29 is 0 Å². The van der Waals surface area contributed by atoms with Crippen LogP contribution >= 0.6 is 0 Å². The van der Waals surface area contributed by atoms with Gasteiger partial charge in [-0.3, -0.25) is 0 Å². The Balaban J connectivity index is 1.98. The Kier molecular flexibility index (Phi) is 4.51. The third kappa shape index (κ3) is 4.24. The number of nitrogens with one attached hydrogen (secondary N) is 1. The molecule has 19 heavy (non-hydrogen) atoms. The summed E-state index contributed by atoms with van der Waals surface area (Å²) in [4.78, 5) is 2.53. The molecule has 2 heteroatoms. The maximum Gasteiger partial charge on any atom is 0.0366 e. The summed E-state index contributed by atoms with van der Waals surface area (Å²) in [5.74, 6) is 0. The summed E-state index contributed by atoms with van der Waals surface area (Å²) in [5, 5.41) is 3.46. The summed E-state index contributed by atoms with van der Waals surface area (Å²) in [7, 11) is 0. The Bertz CT molecular complexity index is 392. The second-order valence-corrected chi connectivity index (χ2v) is 6.89. The molecule has 2 rings (SSSR count). The monoisotopic (exact) mass is 260 g/mol. The molecule has 0 atom stereocenters. The van der Waals surface area contributed by atoms with Crippen LogP contribution in [0, 0.1) is 5.41 Å². The van der Waals surface area contributed by atoms with Gasteiger partial charge in [-0.1, -0.05) is 39.8 Å². The zero-order valence-electron chi connectivity index (χ0n) is 12.9. The molecule has 1 aromatic rings. The van der Waals surface area contributed by atoms with Crippen LogP contribution in [0.5, 0.6) is 0 Å². The predicted octanol–water partition coefficient (Wildman–Crippen LogP) is 3.81. The molecule has 1 saturated heterocycles. The fourth-order valence-corrected chi connectivity index (χ4v) is 2.79. The third-order valence-corrected chi connectivity index (χ3v) is 3.92. The molecule has 0 bridgehead atoms. The van der Waals surface area contributed by atoms with Crippen LogP contribution in [-0.2, 0) is 6.54 Å². The molecule has 0 saturated carbocycles. The summed E-state index contributed by atoms with van der Waals surface area (Å²) < 4.78 is 0. The van der Waals surface area contributed by atoms with E-state index in [1.165, 1.54) is 37.2 Å². The van der Waals surface area contributed by atoms with Gasteiger partial charge in [-0.15, -0.1) is 0 Å². The summed E-state index contributed by atoms with van der Waals surface area (Å²) in [6.07, 6.45) is 2.66. The lowest BCUT2D eigenvalue weighted by Crippen LogP contribution is -2.40. The summed E-state index contributed by atoms with van der Waals surface area (Å²) in [5.41, 5.74) is 3.20. The third-order valence-electron chi connectivity index (χ3n) is 3.92. The Morgan fingerprint density at radius 2 is 1.89 bits per heavy atom. The van der Waals surface area contributed by atoms with Crippen molar-refractivity contribution in [3.63, 3.8) is 0 Å². The van der Waals surface area contributed by atoms with Gasteiger partial charge < -0.3 is 10.2 Å². The summed E-state index contributed by atoms with van der Waals surface area (Å²) in [6.45, 7) is 12.5. The Hall–Kier alpha value is -1.02. The molecule has 0 unspecified atom stereocenters. The Morgan fingerprint density at radius 1 is 1.21 bits per heavy atom. The summed E-state index contributed by atoms with van der Waals surface area (Å²) >= 11 is 0. The number of rotatable bonds is 4. The van der Waals surface area contributed by atoms with E-state index in [2.05, 4.69) is 62.2 Å². The van der Waals surface area contributed by atoms with Crippen LogP contribution in [0.3, 0.4) is 0 Å². The van der Waals surface area contributed by atoms with Crippen LogP contribution in [0.15, 0.2) is 24.3 Å². The summed E-state index contributed by atoms with van der Waals surface area (Å²) in [6, 6.07) is 9.61. The van der Waals surface area contributed by atoms with Gasteiger partial charge in [0.05, 0.1) is 0 Å². The van der Waals surface area contributed by atoms with Crippen LogP contribution in [0.1, 0.15) is 46.1 Å². The Labute approximate surface area is 118 Å². The van der Waals surface area contributed by atoms with Crippen LogP contribution in [-0.4, -0.2) is 19.1 Å². The first-order valence-electron chi connectivity index (χ1n) is 7.54. The molecule has 2 nitrogen and oxygen atoms in total. The topological polar surface area (TPSA) is 15.3 Å². The van der Waals surface area contributed by atoms with Crippen LogP contribution in [0.25, 0.3) is 0 Å². The van der Waals surface area contributed by atoms with Gasteiger partial charge in [0.1, 0.15) is 0 Å². The molecule has 1 fully saturated rings. The number of piperidine rings is 1. The molecule has 1 N–H and O–H groups in total. The van der Waals surface area contributed by atoms with Crippen molar-refractivity contribution in [2.24, 2.45) is 5.41 Å². The lowest BCUT2D eigenvalue weighted by Gasteiger charge is -2.39. The van der Waals surface area contributed by atoms with E-state index in [0.29, 0.717) is 11.5 Å². The quantitative estimate of drug-likeness (QED) is 0.885. The molecule has 0 amide bonds. The first-order valence-corrected chi connectivity index (χ1v) is 7.54. The number of anilines is 1. The molecule has 1 aliphatic heterocycles. The van der Waals surface area contributed by atoms with Gasteiger partial charge in [-0.05, 0) is 36.0 Å². The highest BCUT2D eigenvalue weighted by Gasteiger charge is 2.26. The van der Waals surface area contributed by atoms with Crippen molar-refractivity contribution in [2.75, 3.05) is 18.0 Å². The van der Waals surface area contributed by atoms with E-state index < -0.39 is 0 Å². The minimum absolute atomic E-state index is 0.454. The van der Waals surface area contributed by atoms with Crippen LogP contribution in [0.4, 0.5) is 5.69 Å². The van der Waals surface area contributed by atoms with Gasteiger partial charge in [0.15, 0.2) is 0 Å². The second-order valence-electron chi connectivity index (χ2n) is 6.89. The minimum atomic E-state index is 0.454. The number of benzene rings is 1. The molecule has 0 radical (unpaired) electrons. The van der Waals surface area contributed by atoms with Crippen molar-refractivity contribution in [2.45, 2.75) is 53.1 Å². The van der Waals surface area contributed by atoms with Gasteiger partial charge in [-0.2, -0.15) is 0 Å². The van der Waals surface area contributed by atoms with Gasteiger partial charge in [-0.25, -0.2) is 0 Å². The van der Waals surface area contributed by atoms with Crippen molar-refractivity contribution in [1.82, 2.24) is 5.32 Å². The predicted molar refractivity (Wildman–Crippen MR) is 83.6 cm³/mol. The molecular weight excluding hydrogens is 232 g/mol. The minimum Gasteiger partial charge on any atom is -0.371 e. The SMILES string of the molecule is CC(C)NCc1ccc(N2CCCC(C)(C)C2)cc1. The standard InChI is InChI=1S/C17H28N2/c1-14(2)18-12-15-6-8-16(9-7-15)19-11-5-10-17(3,4)13-19/h6-9,14,18H,5,10-13H2,1-4H3. The first kappa shape index (κ1) is 14.4. The van der Waals surface area contributed by atoms with Crippen molar-refractivity contribution in [1.29, 1.82) is 0 Å². The van der Waals surface area contributed by atoms with E-state index in [-0.39, 0.29) is 0 Å². The highest BCUT2D eigenvalue weighted by molar-refractivity contribution is 5.48. The molecule has 0 spiro atoms. The van der Waals surface area contributed by atoms with Crippen LogP contribution in [0.2, 0.25) is 0 Å². The van der Waals surface area contributed by atoms with Gasteiger partial charge in [0, 0.05) is 31.4 Å². The second kappa shape index (κ2) is 5.96. The molecule has 0 aromatic heterocycles. The fourth-order valence-electron chi connectivity index (χ4n) is 2.79. The van der Waals surface area contributed by atoms with Crippen LogP contribution < -0.4 is 10.2 Å². The largest absolute Gasteiger partial charge is 0.371 e. The average Bonchev–Trinajstić information content (AvgIpc) is 2.36. The fraction of sp³-hybridized carbons (Fsp3) is 0.647. The van der Waals surface area contributed by atoms with Gasteiger partial charge >= 0.3 is 0 Å². The molecule has 106 valence electrons. The normalized spacial score (nSPS) is 18.9. The highest BCUT2D eigenvalue weighted by atomic mass is 15.1. The first-order chi connectivity index (χ1) is 8.96. The maximum atomic E-state index is 3.46. The lowest BCUT2D eigenvalue weighted by atomic mass is 9.84. The number of hydrogen-bond donors (Lipinski definition) is 1. The number of hydrogen-bond acceptors (Lipinski definition) is 2. The van der Waals surface area contributed by atoms with E-state index in [1.54, 1.807) is 0 Å². The van der Waals surface area contributed by atoms with E-state index in [0.717, 1.165) is 6.54 Å². The van der Waals surface area contributed by atoms with Gasteiger partial charge in [0.2, 0.25) is 0 Å². The van der Waals surface area contributed by atoms with E-state index in [4.69, 9.17) is 0 Å². The Morgan fingerprint density at radius 3 is 2.47 bits per heavy atom. The smallest absolute Gasteiger partial charge is 0.0366 e.